The predicted octanol–water partition coefficient (Wildman–Crippen LogP) is 2.02. The van der Waals surface area contributed by atoms with Crippen molar-refractivity contribution in [1.29, 1.82) is 5.26 Å². The maximum absolute atomic E-state index is 9.07. The molecule has 1 aliphatic heterocycles. The first-order chi connectivity index (χ1) is 8.18. The van der Waals surface area contributed by atoms with Crippen molar-refractivity contribution >= 4 is 5.69 Å². The quantitative estimate of drug-likeness (QED) is 0.862. The summed E-state index contributed by atoms with van der Waals surface area (Å²) < 4.78 is 10.5. The zero-order valence-electron chi connectivity index (χ0n) is 10.1. The number of rotatable bonds is 4. The van der Waals surface area contributed by atoms with Gasteiger partial charge in [-0.2, -0.15) is 5.26 Å². The van der Waals surface area contributed by atoms with Gasteiger partial charge in [0.15, 0.2) is 0 Å². The zero-order valence-corrected chi connectivity index (χ0v) is 10.1. The summed E-state index contributed by atoms with van der Waals surface area (Å²) >= 11 is 0. The second-order valence-electron chi connectivity index (χ2n) is 4.65. The number of anilines is 1. The van der Waals surface area contributed by atoms with E-state index in [9.17, 15) is 0 Å². The molecule has 1 N–H and O–H groups in total. The number of ether oxygens (including phenoxy) is 2. The molecule has 0 bridgehead atoms. The van der Waals surface area contributed by atoms with E-state index in [0.717, 1.165) is 25.4 Å². The van der Waals surface area contributed by atoms with Crippen LogP contribution in [0.3, 0.4) is 0 Å². The third kappa shape index (κ3) is 2.34. The van der Waals surface area contributed by atoms with E-state index in [2.05, 4.69) is 18.3 Å². The Balaban J connectivity index is 2.16. The first-order valence-corrected chi connectivity index (χ1v) is 5.57. The van der Waals surface area contributed by atoms with Crippen molar-refractivity contribution in [2.75, 3.05) is 32.2 Å². The number of nitrogens with zero attached hydrogens (tertiary/aromatic N) is 1. The van der Waals surface area contributed by atoms with E-state index in [4.69, 9.17) is 14.7 Å². The monoisotopic (exact) mass is 232 g/mol. The van der Waals surface area contributed by atoms with Gasteiger partial charge in [0.2, 0.25) is 0 Å². The fraction of sp³-hybridized carbons (Fsp3) is 0.462. The van der Waals surface area contributed by atoms with Gasteiger partial charge in [0.25, 0.3) is 0 Å². The number of nitriles is 1. The van der Waals surface area contributed by atoms with E-state index in [0.29, 0.717) is 11.3 Å². The summed E-state index contributed by atoms with van der Waals surface area (Å²) in [5.74, 6) is 0.702. The minimum Gasteiger partial charge on any atom is -0.495 e. The molecule has 0 spiro atoms. The molecule has 1 fully saturated rings. The Hall–Kier alpha value is -1.73. The number of methoxy groups -OCH3 is 1. The Labute approximate surface area is 101 Å². The van der Waals surface area contributed by atoms with Gasteiger partial charge in [0, 0.05) is 12.0 Å². The summed E-state index contributed by atoms with van der Waals surface area (Å²) in [4.78, 5) is 0. The minimum absolute atomic E-state index is 0.160. The summed E-state index contributed by atoms with van der Waals surface area (Å²) in [6, 6.07) is 7.62. The highest BCUT2D eigenvalue weighted by Crippen LogP contribution is 2.31. The van der Waals surface area contributed by atoms with Crippen molar-refractivity contribution in [2.24, 2.45) is 5.41 Å². The molecule has 2 rings (SSSR count). The van der Waals surface area contributed by atoms with Crippen LogP contribution in [0, 0.1) is 16.7 Å². The summed E-state index contributed by atoms with van der Waals surface area (Å²) in [5.41, 5.74) is 1.53. The Morgan fingerprint density at radius 1 is 1.53 bits per heavy atom. The van der Waals surface area contributed by atoms with Crippen LogP contribution >= 0.6 is 0 Å². The molecule has 0 saturated carbocycles. The third-order valence-corrected chi connectivity index (χ3v) is 2.96. The van der Waals surface area contributed by atoms with Crippen LogP contribution < -0.4 is 10.1 Å². The highest BCUT2D eigenvalue weighted by atomic mass is 16.5. The molecule has 0 aliphatic carbocycles. The predicted molar refractivity (Wildman–Crippen MR) is 65.1 cm³/mol. The smallest absolute Gasteiger partial charge is 0.143 e. The minimum atomic E-state index is 0.160. The SMILES string of the molecule is COc1cccc(C#N)c1NCC1(C)COC1. The normalized spacial score (nSPS) is 16.8. The molecule has 0 unspecified atom stereocenters. The van der Waals surface area contributed by atoms with Gasteiger partial charge in [-0.3, -0.25) is 0 Å². The van der Waals surface area contributed by atoms with Gasteiger partial charge in [0.05, 0.1) is 31.6 Å². The first-order valence-electron chi connectivity index (χ1n) is 5.57. The van der Waals surface area contributed by atoms with E-state index in [-0.39, 0.29) is 5.41 Å². The third-order valence-electron chi connectivity index (χ3n) is 2.96. The van der Waals surface area contributed by atoms with E-state index in [1.165, 1.54) is 0 Å². The Bertz CT molecular complexity index is 447. The largest absolute Gasteiger partial charge is 0.495 e. The fourth-order valence-electron chi connectivity index (χ4n) is 1.83. The molecule has 1 aliphatic rings. The first kappa shape index (κ1) is 11.7. The Morgan fingerprint density at radius 2 is 2.29 bits per heavy atom. The molecule has 1 heterocycles. The van der Waals surface area contributed by atoms with E-state index < -0.39 is 0 Å². The van der Waals surface area contributed by atoms with Crippen molar-refractivity contribution in [2.45, 2.75) is 6.92 Å². The summed E-state index contributed by atoms with van der Waals surface area (Å²) in [6.45, 7) is 4.46. The molecule has 90 valence electrons. The maximum Gasteiger partial charge on any atom is 0.143 e. The van der Waals surface area contributed by atoms with Crippen molar-refractivity contribution in [3.8, 4) is 11.8 Å². The second-order valence-corrected chi connectivity index (χ2v) is 4.65. The molecule has 1 saturated heterocycles. The Kier molecular flexibility index (Phi) is 3.21. The molecular weight excluding hydrogens is 216 g/mol. The van der Waals surface area contributed by atoms with Gasteiger partial charge in [-0.1, -0.05) is 13.0 Å². The molecule has 4 heteroatoms. The number of hydrogen-bond donors (Lipinski definition) is 1. The highest BCUT2D eigenvalue weighted by Gasteiger charge is 2.33. The molecule has 0 amide bonds. The second kappa shape index (κ2) is 4.64. The summed E-state index contributed by atoms with van der Waals surface area (Å²) in [7, 11) is 1.61. The van der Waals surface area contributed by atoms with Gasteiger partial charge in [-0.25, -0.2) is 0 Å². The van der Waals surface area contributed by atoms with Crippen LogP contribution in [0.1, 0.15) is 12.5 Å². The van der Waals surface area contributed by atoms with Crippen molar-refractivity contribution in [3.05, 3.63) is 23.8 Å². The number of hydrogen-bond acceptors (Lipinski definition) is 4. The average molecular weight is 232 g/mol. The molecule has 0 aromatic heterocycles. The standard InChI is InChI=1S/C13H16N2O2/c1-13(8-17-9-13)7-15-12-10(6-14)4-3-5-11(12)16-2/h3-5,15H,7-9H2,1-2H3. The number of benzene rings is 1. The van der Waals surface area contributed by atoms with Gasteiger partial charge < -0.3 is 14.8 Å². The number of nitrogens with one attached hydrogen (secondary N) is 1. The van der Waals surface area contributed by atoms with Crippen LogP contribution in [0.15, 0.2) is 18.2 Å². The average Bonchev–Trinajstić information content (AvgIpc) is 2.33. The lowest BCUT2D eigenvalue weighted by molar-refractivity contribution is -0.0924. The van der Waals surface area contributed by atoms with Gasteiger partial charge in [-0.05, 0) is 12.1 Å². The Morgan fingerprint density at radius 3 is 2.82 bits per heavy atom. The van der Waals surface area contributed by atoms with E-state index >= 15 is 0 Å². The van der Waals surface area contributed by atoms with Crippen molar-refractivity contribution in [1.82, 2.24) is 0 Å². The van der Waals surface area contributed by atoms with Gasteiger partial charge in [-0.15, -0.1) is 0 Å². The van der Waals surface area contributed by atoms with Crippen LogP contribution in [0.2, 0.25) is 0 Å². The summed E-state index contributed by atoms with van der Waals surface area (Å²) in [6.07, 6.45) is 0. The number of para-hydroxylation sites is 1. The lowest BCUT2D eigenvalue weighted by Crippen LogP contribution is -2.45. The molecule has 0 atom stereocenters. The van der Waals surface area contributed by atoms with Gasteiger partial charge >= 0.3 is 0 Å². The topological polar surface area (TPSA) is 54.3 Å². The molecule has 4 nitrogen and oxygen atoms in total. The van der Waals surface area contributed by atoms with Crippen LogP contribution in [-0.4, -0.2) is 26.9 Å². The van der Waals surface area contributed by atoms with Crippen LogP contribution in [-0.2, 0) is 4.74 Å². The van der Waals surface area contributed by atoms with Crippen LogP contribution in [0.4, 0.5) is 5.69 Å². The van der Waals surface area contributed by atoms with Crippen molar-refractivity contribution < 1.29 is 9.47 Å². The molecular formula is C13H16N2O2. The lowest BCUT2D eigenvalue weighted by atomic mass is 9.88. The van der Waals surface area contributed by atoms with Crippen molar-refractivity contribution in [3.63, 3.8) is 0 Å². The van der Waals surface area contributed by atoms with E-state index in [1.807, 2.05) is 12.1 Å². The zero-order chi connectivity index (χ0) is 12.3. The fourth-order valence-corrected chi connectivity index (χ4v) is 1.83. The molecule has 1 aromatic carbocycles. The highest BCUT2D eigenvalue weighted by molar-refractivity contribution is 5.66. The van der Waals surface area contributed by atoms with Gasteiger partial charge in [0.1, 0.15) is 11.8 Å². The maximum atomic E-state index is 9.07. The molecule has 17 heavy (non-hydrogen) atoms. The van der Waals surface area contributed by atoms with E-state index in [1.54, 1.807) is 13.2 Å². The van der Waals surface area contributed by atoms with Crippen LogP contribution in [0.25, 0.3) is 0 Å². The molecule has 0 radical (unpaired) electrons. The summed E-state index contributed by atoms with van der Waals surface area (Å²) in [5, 5.41) is 12.4. The van der Waals surface area contributed by atoms with Crippen LogP contribution in [0.5, 0.6) is 5.75 Å². The lowest BCUT2D eigenvalue weighted by Gasteiger charge is -2.38. The molecule has 1 aromatic rings.